The van der Waals surface area contributed by atoms with Crippen LogP contribution in [0.3, 0.4) is 0 Å². The maximum atomic E-state index is 11.9. The van der Waals surface area contributed by atoms with Gasteiger partial charge in [0.25, 0.3) is 5.91 Å². The molecule has 0 fully saturated rings. The first-order valence-corrected chi connectivity index (χ1v) is 6.44. The van der Waals surface area contributed by atoms with Crippen molar-refractivity contribution >= 4 is 23.1 Å². The number of hydrogen-bond donors (Lipinski definition) is 1. The molecule has 0 radical (unpaired) electrons. The van der Waals surface area contributed by atoms with E-state index in [1.54, 1.807) is 41.8 Å². The fraction of sp³-hybridized carbons (Fsp3) is 0. The van der Waals surface area contributed by atoms with Crippen molar-refractivity contribution in [2.75, 3.05) is 5.32 Å². The van der Waals surface area contributed by atoms with E-state index in [0.717, 1.165) is 4.88 Å². The molecule has 0 atom stereocenters. The van der Waals surface area contributed by atoms with E-state index >= 15 is 0 Å². The third-order valence-corrected chi connectivity index (χ3v) is 3.31. The summed E-state index contributed by atoms with van der Waals surface area (Å²) in [5.41, 5.74) is 1.03. The molecule has 94 valence electrons. The van der Waals surface area contributed by atoms with Gasteiger partial charge >= 0.3 is 0 Å². The number of hydrogen-bond acceptors (Lipinski definition) is 5. The first-order valence-electron chi connectivity index (χ1n) is 5.56. The summed E-state index contributed by atoms with van der Waals surface area (Å²) in [5.74, 6) is -0.0199. The lowest BCUT2D eigenvalue weighted by molar-refractivity contribution is 0.101. The normalized spacial score (nSPS) is 10.3. The molecule has 0 saturated carbocycles. The average molecular weight is 271 g/mol. The van der Waals surface area contributed by atoms with E-state index in [2.05, 4.69) is 15.5 Å². The molecule has 0 saturated heterocycles. The predicted octanol–water partition coefficient (Wildman–Crippen LogP) is 3.05. The Balaban J connectivity index is 1.76. The van der Waals surface area contributed by atoms with E-state index in [1.165, 1.54) is 0 Å². The SMILES string of the molecule is O=C(Nc1cc(-c2cccs2)no1)c1ccccn1. The summed E-state index contributed by atoms with van der Waals surface area (Å²) in [6, 6.07) is 10.7. The van der Waals surface area contributed by atoms with Crippen LogP contribution in [-0.4, -0.2) is 16.0 Å². The third kappa shape index (κ3) is 2.53. The first kappa shape index (κ1) is 11.6. The Morgan fingerprint density at radius 1 is 1.26 bits per heavy atom. The van der Waals surface area contributed by atoms with E-state index in [0.29, 0.717) is 17.3 Å². The summed E-state index contributed by atoms with van der Waals surface area (Å²) < 4.78 is 5.08. The lowest BCUT2D eigenvalue weighted by Crippen LogP contribution is -2.12. The van der Waals surface area contributed by atoms with Gasteiger partial charge in [0.1, 0.15) is 11.4 Å². The van der Waals surface area contributed by atoms with Crippen LogP contribution < -0.4 is 5.32 Å². The van der Waals surface area contributed by atoms with Gasteiger partial charge in [0.15, 0.2) is 0 Å². The molecule has 0 aliphatic heterocycles. The Bertz CT molecular complexity index is 677. The van der Waals surface area contributed by atoms with Crippen LogP contribution in [0.4, 0.5) is 5.88 Å². The van der Waals surface area contributed by atoms with E-state index in [4.69, 9.17) is 4.52 Å². The number of nitrogens with zero attached hydrogens (tertiary/aromatic N) is 2. The Morgan fingerprint density at radius 2 is 2.21 bits per heavy atom. The van der Waals surface area contributed by atoms with E-state index in [-0.39, 0.29) is 5.91 Å². The van der Waals surface area contributed by atoms with Crippen molar-refractivity contribution in [1.82, 2.24) is 10.1 Å². The lowest BCUT2D eigenvalue weighted by Gasteiger charge is -1.98. The van der Waals surface area contributed by atoms with Gasteiger partial charge in [-0.25, -0.2) is 0 Å². The molecule has 1 amide bonds. The van der Waals surface area contributed by atoms with Crippen molar-refractivity contribution in [2.45, 2.75) is 0 Å². The molecule has 3 aromatic heterocycles. The molecule has 6 heteroatoms. The predicted molar refractivity (Wildman–Crippen MR) is 72.0 cm³/mol. The van der Waals surface area contributed by atoms with Crippen molar-refractivity contribution in [2.24, 2.45) is 0 Å². The van der Waals surface area contributed by atoms with Gasteiger partial charge in [-0.1, -0.05) is 17.3 Å². The summed E-state index contributed by atoms with van der Waals surface area (Å²) in [4.78, 5) is 16.8. The van der Waals surface area contributed by atoms with Gasteiger partial charge in [-0.2, -0.15) is 0 Å². The second-order valence-corrected chi connectivity index (χ2v) is 4.67. The number of rotatable bonds is 3. The van der Waals surface area contributed by atoms with Gasteiger partial charge in [-0.15, -0.1) is 11.3 Å². The molecule has 0 aliphatic rings. The van der Waals surface area contributed by atoms with Gasteiger partial charge in [0, 0.05) is 12.3 Å². The molecular weight excluding hydrogens is 262 g/mol. The molecule has 3 heterocycles. The molecule has 3 rings (SSSR count). The Hall–Kier alpha value is -2.47. The summed E-state index contributed by atoms with van der Waals surface area (Å²) in [6.45, 7) is 0. The van der Waals surface area contributed by atoms with E-state index in [9.17, 15) is 4.79 Å². The summed E-state index contributed by atoms with van der Waals surface area (Å²) in [5, 5.41) is 8.47. The van der Waals surface area contributed by atoms with Crippen LogP contribution in [0.5, 0.6) is 0 Å². The van der Waals surface area contributed by atoms with Crippen molar-refractivity contribution in [3.05, 3.63) is 53.7 Å². The molecule has 0 aliphatic carbocycles. The third-order valence-electron chi connectivity index (χ3n) is 2.42. The Kier molecular flexibility index (Phi) is 3.07. The van der Waals surface area contributed by atoms with Crippen molar-refractivity contribution < 1.29 is 9.32 Å². The minimum absolute atomic E-state index is 0.305. The van der Waals surface area contributed by atoms with Gasteiger partial charge < -0.3 is 4.52 Å². The highest BCUT2D eigenvalue weighted by atomic mass is 32.1. The molecular formula is C13H9N3O2S. The first-order chi connectivity index (χ1) is 9.33. The molecule has 5 nitrogen and oxygen atoms in total. The number of pyridine rings is 1. The number of amides is 1. The zero-order valence-corrected chi connectivity index (χ0v) is 10.6. The zero-order chi connectivity index (χ0) is 13.1. The molecule has 1 N–H and O–H groups in total. The number of anilines is 1. The van der Waals surface area contributed by atoms with Gasteiger partial charge in [-0.05, 0) is 23.6 Å². The standard InChI is InChI=1S/C13H9N3O2S/c17-13(9-4-1-2-6-14-9)15-12-8-10(16-18-12)11-5-3-7-19-11/h1-8H,(H,15,17). The number of carbonyl (C=O) groups excluding carboxylic acids is 1. The molecule has 0 unspecified atom stereocenters. The van der Waals surface area contributed by atoms with Gasteiger partial charge in [0.05, 0.1) is 4.88 Å². The van der Waals surface area contributed by atoms with Gasteiger partial charge in [0.2, 0.25) is 5.88 Å². The highest BCUT2D eigenvalue weighted by molar-refractivity contribution is 7.13. The van der Waals surface area contributed by atoms with Crippen LogP contribution in [0.15, 0.2) is 52.5 Å². The van der Waals surface area contributed by atoms with Crippen molar-refractivity contribution in [1.29, 1.82) is 0 Å². The summed E-state index contributed by atoms with van der Waals surface area (Å²) in [6.07, 6.45) is 1.56. The van der Waals surface area contributed by atoms with Crippen LogP contribution in [-0.2, 0) is 0 Å². The van der Waals surface area contributed by atoms with Crippen LogP contribution >= 0.6 is 11.3 Å². The summed E-state index contributed by atoms with van der Waals surface area (Å²) >= 11 is 1.56. The smallest absolute Gasteiger partial charge is 0.276 e. The second kappa shape index (κ2) is 5.03. The maximum Gasteiger partial charge on any atom is 0.276 e. The molecule has 0 spiro atoms. The highest BCUT2D eigenvalue weighted by Gasteiger charge is 2.12. The van der Waals surface area contributed by atoms with Crippen molar-refractivity contribution in [3.63, 3.8) is 0 Å². The summed E-state index contributed by atoms with van der Waals surface area (Å²) in [7, 11) is 0. The minimum atomic E-state index is -0.325. The van der Waals surface area contributed by atoms with Crippen molar-refractivity contribution in [3.8, 4) is 10.6 Å². The van der Waals surface area contributed by atoms with Crippen LogP contribution in [0, 0.1) is 0 Å². The molecule has 0 aromatic carbocycles. The van der Waals surface area contributed by atoms with Crippen LogP contribution in [0.25, 0.3) is 10.6 Å². The average Bonchev–Trinajstić information content (AvgIpc) is 3.10. The molecule has 0 bridgehead atoms. The number of aromatic nitrogens is 2. The number of thiophene rings is 1. The highest BCUT2D eigenvalue weighted by Crippen LogP contribution is 2.25. The Labute approximate surface area is 112 Å². The fourth-order valence-corrected chi connectivity index (χ4v) is 2.23. The van der Waals surface area contributed by atoms with E-state index in [1.807, 2.05) is 17.5 Å². The topological polar surface area (TPSA) is 68.0 Å². The van der Waals surface area contributed by atoms with Crippen LogP contribution in [0.1, 0.15) is 10.5 Å². The lowest BCUT2D eigenvalue weighted by atomic mass is 10.3. The monoisotopic (exact) mass is 271 g/mol. The van der Waals surface area contributed by atoms with Gasteiger partial charge in [-0.3, -0.25) is 15.1 Å². The number of nitrogens with one attached hydrogen (secondary N) is 1. The molecule has 3 aromatic rings. The fourth-order valence-electron chi connectivity index (χ4n) is 1.55. The number of carbonyl (C=O) groups is 1. The van der Waals surface area contributed by atoms with E-state index < -0.39 is 0 Å². The Morgan fingerprint density at radius 3 is 2.95 bits per heavy atom. The minimum Gasteiger partial charge on any atom is -0.338 e. The van der Waals surface area contributed by atoms with Crippen LogP contribution in [0.2, 0.25) is 0 Å². The largest absolute Gasteiger partial charge is 0.338 e. The zero-order valence-electron chi connectivity index (χ0n) is 9.74. The maximum absolute atomic E-state index is 11.9. The second-order valence-electron chi connectivity index (χ2n) is 3.72. The molecule has 19 heavy (non-hydrogen) atoms. The quantitative estimate of drug-likeness (QED) is 0.795.